The molecule has 2 N–H and O–H groups in total. The van der Waals surface area contributed by atoms with Crippen molar-refractivity contribution < 1.29 is 22.8 Å². The fourth-order valence-corrected chi connectivity index (χ4v) is 4.10. The SMILES string of the molecule is O=C(N[C@H]1CCCCNC1=O)c1cn2c(n1)CC[C@@H](c1cccc(C(F)(F)F)c1)C2. The van der Waals surface area contributed by atoms with Crippen molar-refractivity contribution in [2.24, 2.45) is 0 Å². The molecule has 2 aliphatic rings. The van der Waals surface area contributed by atoms with E-state index in [-0.39, 0.29) is 17.5 Å². The molecule has 1 aromatic heterocycles. The van der Waals surface area contributed by atoms with Crippen LogP contribution in [-0.4, -0.2) is 34.0 Å². The monoisotopic (exact) mass is 420 g/mol. The van der Waals surface area contributed by atoms with Gasteiger partial charge in [0.1, 0.15) is 17.6 Å². The van der Waals surface area contributed by atoms with Gasteiger partial charge in [-0.1, -0.05) is 18.2 Å². The summed E-state index contributed by atoms with van der Waals surface area (Å²) >= 11 is 0. The molecule has 2 aliphatic heterocycles. The van der Waals surface area contributed by atoms with Gasteiger partial charge >= 0.3 is 6.18 Å². The topological polar surface area (TPSA) is 76.0 Å². The third kappa shape index (κ3) is 4.34. The quantitative estimate of drug-likeness (QED) is 0.802. The van der Waals surface area contributed by atoms with Crippen LogP contribution in [0.1, 0.15) is 59.0 Å². The predicted octanol–water partition coefficient (Wildman–Crippen LogP) is 3.03. The summed E-state index contributed by atoms with van der Waals surface area (Å²) in [6.07, 6.45) is 0.792. The van der Waals surface area contributed by atoms with Crippen molar-refractivity contribution in [1.29, 1.82) is 0 Å². The number of nitrogens with zero attached hydrogens (tertiary/aromatic N) is 2. The first-order chi connectivity index (χ1) is 14.3. The van der Waals surface area contributed by atoms with Gasteiger partial charge in [-0.05, 0) is 37.3 Å². The highest BCUT2D eigenvalue weighted by atomic mass is 19.4. The summed E-state index contributed by atoms with van der Waals surface area (Å²) in [4.78, 5) is 29.0. The number of fused-ring (bicyclic) bond motifs is 1. The molecule has 1 fully saturated rings. The average Bonchev–Trinajstić information content (AvgIpc) is 3.05. The predicted molar refractivity (Wildman–Crippen MR) is 103 cm³/mol. The van der Waals surface area contributed by atoms with Crippen molar-refractivity contribution in [3.63, 3.8) is 0 Å². The Hall–Kier alpha value is -2.84. The number of alkyl halides is 3. The van der Waals surface area contributed by atoms with Crippen molar-refractivity contribution in [2.75, 3.05) is 6.54 Å². The van der Waals surface area contributed by atoms with Gasteiger partial charge in [-0.2, -0.15) is 13.2 Å². The van der Waals surface area contributed by atoms with Gasteiger partial charge in [-0.25, -0.2) is 4.98 Å². The van der Waals surface area contributed by atoms with Crippen LogP contribution < -0.4 is 10.6 Å². The maximum absolute atomic E-state index is 13.0. The van der Waals surface area contributed by atoms with Gasteiger partial charge in [0.15, 0.2) is 0 Å². The molecule has 1 aromatic carbocycles. The lowest BCUT2D eigenvalue weighted by molar-refractivity contribution is -0.137. The van der Waals surface area contributed by atoms with Crippen LogP contribution in [0.25, 0.3) is 0 Å². The molecule has 0 aliphatic carbocycles. The van der Waals surface area contributed by atoms with E-state index in [1.807, 2.05) is 4.57 Å². The van der Waals surface area contributed by atoms with E-state index in [9.17, 15) is 22.8 Å². The molecule has 30 heavy (non-hydrogen) atoms. The molecule has 0 radical (unpaired) electrons. The second-order valence-electron chi connectivity index (χ2n) is 7.87. The molecular formula is C21H23F3N4O2. The van der Waals surface area contributed by atoms with Crippen LogP contribution in [0.5, 0.6) is 0 Å². The molecule has 1 saturated heterocycles. The van der Waals surface area contributed by atoms with E-state index in [4.69, 9.17) is 0 Å². The van der Waals surface area contributed by atoms with Crippen molar-refractivity contribution >= 4 is 11.8 Å². The van der Waals surface area contributed by atoms with E-state index in [2.05, 4.69) is 15.6 Å². The Balaban J connectivity index is 1.47. The molecule has 0 unspecified atom stereocenters. The van der Waals surface area contributed by atoms with E-state index in [1.165, 1.54) is 12.1 Å². The number of halogens is 3. The molecule has 6 nitrogen and oxygen atoms in total. The number of rotatable bonds is 3. The third-order valence-electron chi connectivity index (χ3n) is 5.75. The van der Waals surface area contributed by atoms with Crippen molar-refractivity contribution in [3.8, 4) is 0 Å². The molecule has 4 rings (SSSR count). The highest BCUT2D eigenvalue weighted by Crippen LogP contribution is 2.34. The first-order valence-electron chi connectivity index (χ1n) is 10.1. The number of aromatic nitrogens is 2. The van der Waals surface area contributed by atoms with Crippen molar-refractivity contribution in [2.45, 2.75) is 56.8 Å². The molecule has 3 heterocycles. The van der Waals surface area contributed by atoms with Crippen LogP contribution >= 0.6 is 0 Å². The third-order valence-corrected chi connectivity index (χ3v) is 5.75. The van der Waals surface area contributed by atoms with Gasteiger partial charge in [0.05, 0.1) is 5.56 Å². The van der Waals surface area contributed by atoms with Gasteiger partial charge in [-0.15, -0.1) is 0 Å². The Kier molecular flexibility index (Phi) is 5.53. The van der Waals surface area contributed by atoms with Crippen LogP contribution in [0.4, 0.5) is 13.2 Å². The summed E-state index contributed by atoms with van der Waals surface area (Å²) in [6.45, 7) is 1.07. The Morgan fingerprint density at radius 1 is 1.23 bits per heavy atom. The molecule has 2 atom stereocenters. The Morgan fingerprint density at radius 3 is 2.87 bits per heavy atom. The zero-order chi connectivity index (χ0) is 21.3. The van der Waals surface area contributed by atoms with Crippen molar-refractivity contribution in [1.82, 2.24) is 20.2 Å². The van der Waals surface area contributed by atoms with E-state index < -0.39 is 23.7 Å². The summed E-state index contributed by atoms with van der Waals surface area (Å²) in [5, 5.41) is 5.53. The first-order valence-corrected chi connectivity index (χ1v) is 10.1. The molecule has 0 spiro atoms. The highest BCUT2D eigenvalue weighted by molar-refractivity contribution is 5.96. The molecule has 0 bridgehead atoms. The minimum Gasteiger partial charge on any atom is -0.354 e. The first kappa shape index (κ1) is 20.4. The smallest absolute Gasteiger partial charge is 0.354 e. The summed E-state index contributed by atoms with van der Waals surface area (Å²) < 4.78 is 40.9. The molecular weight excluding hydrogens is 397 g/mol. The van der Waals surface area contributed by atoms with Gasteiger partial charge < -0.3 is 15.2 Å². The average molecular weight is 420 g/mol. The zero-order valence-electron chi connectivity index (χ0n) is 16.3. The maximum atomic E-state index is 13.0. The summed E-state index contributed by atoms with van der Waals surface area (Å²) in [5.41, 5.74) is 0.204. The van der Waals surface area contributed by atoms with Gasteiger partial charge in [0, 0.05) is 31.6 Å². The van der Waals surface area contributed by atoms with E-state index in [0.29, 0.717) is 37.9 Å². The zero-order valence-corrected chi connectivity index (χ0v) is 16.3. The number of hydrogen-bond acceptors (Lipinski definition) is 3. The van der Waals surface area contributed by atoms with Gasteiger partial charge in [0.25, 0.3) is 5.91 Å². The summed E-state index contributed by atoms with van der Waals surface area (Å²) in [6, 6.07) is 4.83. The largest absolute Gasteiger partial charge is 0.416 e. The molecule has 2 amide bonds. The maximum Gasteiger partial charge on any atom is 0.416 e. The number of hydrogen-bond donors (Lipinski definition) is 2. The number of carbonyl (C=O) groups is 2. The second kappa shape index (κ2) is 8.12. The lowest BCUT2D eigenvalue weighted by Crippen LogP contribution is -2.45. The van der Waals surface area contributed by atoms with E-state index >= 15 is 0 Å². The molecule has 9 heteroatoms. The van der Waals surface area contributed by atoms with E-state index in [1.54, 1.807) is 12.3 Å². The number of amides is 2. The summed E-state index contributed by atoms with van der Waals surface area (Å²) in [5.74, 6) is 0.0511. The number of carbonyl (C=O) groups excluding carboxylic acids is 2. The van der Waals surface area contributed by atoms with Crippen LogP contribution in [-0.2, 0) is 23.9 Å². The fraction of sp³-hybridized carbons (Fsp3) is 0.476. The van der Waals surface area contributed by atoms with Crippen LogP contribution in [0, 0.1) is 0 Å². The van der Waals surface area contributed by atoms with Crippen LogP contribution in [0.3, 0.4) is 0 Å². The minimum absolute atomic E-state index is 0.0856. The number of nitrogens with one attached hydrogen (secondary N) is 2. The molecule has 2 aromatic rings. The van der Waals surface area contributed by atoms with Crippen LogP contribution in [0.2, 0.25) is 0 Å². The minimum atomic E-state index is -4.37. The lowest BCUT2D eigenvalue weighted by atomic mass is 9.90. The Bertz CT molecular complexity index is 954. The lowest BCUT2D eigenvalue weighted by Gasteiger charge is -2.24. The molecule has 0 saturated carbocycles. The van der Waals surface area contributed by atoms with Crippen molar-refractivity contribution in [3.05, 3.63) is 53.1 Å². The van der Waals surface area contributed by atoms with Gasteiger partial charge in [-0.3, -0.25) is 9.59 Å². The molecule has 160 valence electrons. The summed E-state index contributed by atoms with van der Waals surface area (Å²) in [7, 11) is 0. The Labute approximate surface area is 171 Å². The number of imidazole rings is 1. The van der Waals surface area contributed by atoms with E-state index in [0.717, 1.165) is 24.7 Å². The normalized spacial score (nSPS) is 22.0. The highest BCUT2D eigenvalue weighted by Gasteiger charge is 2.32. The van der Waals surface area contributed by atoms with Crippen LogP contribution in [0.15, 0.2) is 30.5 Å². The standard InChI is InChI=1S/C21H23F3N4O2/c22-21(23,24)15-5-3-4-13(10-15)14-7-8-18-26-17(12-28(18)11-14)20(30)27-16-6-1-2-9-25-19(16)29/h3-5,10,12,14,16H,1-2,6-9,11H2,(H,25,29)(H,27,30)/t14-,16+/m1/s1. The fourth-order valence-electron chi connectivity index (χ4n) is 4.10. The number of benzene rings is 1. The second-order valence-corrected chi connectivity index (χ2v) is 7.87. The number of aryl methyl sites for hydroxylation is 1. The van der Waals surface area contributed by atoms with Gasteiger partial charge in [0.2, 0.25) is 5.91 Å². The Morgan fingerprint density at radius 2 is 2.07 bits per heavy atom.